The van der Waals surface area contributed by atoms with Gasteiger partial charge in [0.25, 0.3) is 5.56 Å². The first-order chi connectivity index (χ1) is 12.0. The summed E-state index contributed by atoms with van der Waals surface area (Å²) in [5.41, 5.74) is 1.07. The molecular weight excluding hydrogens is 340 g/mol. The van der Waals surface area contributed by atoms with Crippen molar-refractivity contribution in [2.45, 2.75) is 32.6 Å². The number of nitrogens with zero attached hydrogens (tertiary/aromatic N) is 3. The highest BCUT2D eigenvalue weighted by molar-refractivity contribution is 6.31. The van der Waals surface area contributed by atoms with Crippen LogP contribution >= 0.6 is 11.6 Å². The number of halogens is 1. The van der Waals surface area contributed by atoms with Gasteiger partial charge in [-0.25, -0.2) is 4.98 Å². The zero-order valence-electron chi connectivity index (χ0n) is 14.3. The van der Waals surface area contributed by atoms with Crippen molar-refractivity contribution in [1.82, 2.24) is 19.9 Å². The van der Waals surface area contributed by atoms with Gasteiger partial charge in [-0.05, 0) is 25.0 Å². The Labute approximate surface area is 151 Å². The summed E-state index contributed by atoms with van der Waals surface area (Å²) < 4.78 is 0. The summed E-state index contributed by atoms with van der Waals surface area (Å²) in [5, 5.41) is 0.145. The number of aromatic amines is 1. The lowest BCUT2D eigenvalue weighted by Crippen LogP contribution is -2.40. The number of carbonyl (C=O) groups is 1. The first kappa shape index (κ1) is 17.6. The smallest absolute Gasteiger partial charge is 0.270 e. The summed E-state index contributed by atoms with van der Waals surface area (Å²) in [7, 11) is 0. The van der Waals surface area contributed by atoms with E-state index in [0.717, 1.165) is 18.4 Å². The number of hydrogen-bond donors (Lipinski definition) is 1. The number of amides is 1. The number of nitrogens with one attached hydrogen (secondary N) is 1. The maximum Gasteiger partial charge on any atom is 0.270 e. The third kappa shape index (κ3) is 3.74. The number of rotatable bonds is 3. The van der Waals surface area contributed by atoms with Crippen LogP contribution in [0.1, 0.15) is 38.3 Å². The Bertz CT molecular complexity index is 812. The van der Waals surface area contributed by atoms with E-state index in [2.05, 4.69) is 15.0 Å². The van der Waals surface area contributed by atoms with E-state index in [1.165, 1.54) is 0 Å². The molecule has 0 aromatic carbocycles. The van der Waals surface area contributed by atoms with Gasteiger partial charge in [0.1, 0.15) is 10.8 Å². The second kappa shape index (κ2) is 7.35. The summed E-state index contributed by atoms with van der Waals surface area (Å²) in [5.74, 6) is 0.733. The molecule has 132 valence electrons. The van der Waals surface area contributed by atoms with Gasteiger partial charge >= 0.3 is 0 Å². The average Bonchev–Trinajstić information content (AvgIpc) is 2.64. The van der Waals surface area contributed by atoms with E-state index in [4.69, 9.17) is 11.6 Å². The van der Waals surface area contributed by atoms with E-state index in [1.807, 2.05) is 18.7 Å². The number of piperidine rings is 1. The van der Waals surface area contributed by atoms with Crippen LogP contribution < -0.4 is 5.56 Å². The van der Waals surface area contributed by atoms with E-state index in [0.29, 0.717) is 24.6 Å². The van der Waals surface area contributed by atoms with Crippen LogP contribution in [0.3, 0.4) is 0 Å². The predicted octanol–water partition coefficient (Wildman–Crippen LogP) is 2.85. The zero-order valence-corrected chi connectivity index (χ0v) is 15.1. The van der Waals surface area contributed by atoms with Crippen LogP contribution in [-0.2, 0) is 4.79 Å². The van der Waals surface area contributed by atoms with Gasteiger partial charge in [-0.1, -0.05) is 25.4 Å². The normalized spacial score (nSPS) is 15.6. The molecule has 0 radical (unpaired) electrons. The number of pyridine rings is 1. The fourth-order valence-corrected chi connectivity index (χ4v) is 3.38. The van der Waals surface area contributed by atoms with Crippen molar-refractivity contribution in [3.63, 3.8) is 0 Å². The molecule has 1 aliphatic heterocycles. The molecule has 2 aromatic rings. The number of hydrogen-bond acceptors (Lipinski definition) is 4. The van der Waals surface area contributed by atoms with Crippen LogP contribution in [0.15, 0.2) is 29.3 Å². The minimum atomic E-state index is -0.334. The molecule has 0 aliphatic carbocycles. The molecule has 0 spiro atoms. The van der Waals surface area contributed by atoms with Crippen molar-refractivity contribution >= 4 is 17.5 Å². The topological polar surface area (TPSA) is 79.0 Å². The largest absolute Gasteiger partial charge is 0.342 e. The van der Waals surface area contributed by atoms with Gasteiger partial charge in [0, 0.05) is 42.9 Å². The van der Waals surface area contributed by atoms with Gasteiger partial charge in [-0.3, -0.25) is 14.6 Å². The van der Waals surface area contributed by atoms with Crippen LogP contribution in [0, 0.1) is 5.92 Å². The molecule has 3 rings (SSSR count). The first-order valence-corrected chi connectivity index (χ1v) is 8.84. The van der Waals surface area contributed by atoms with E-state index >= 15 is 0 Å². The van der Waals surface area contributed by atoms with Crippen LogP contribution in [-0.4, -0.2) is 38.8 Å². The van der Waals surface area contributed by atoms with Gasteiger partial charge in [-0.15, -0.1) is 0 Å². The molecule has 2 aromatic heterocycles. The Balaban J connectivity index is 1.85. The molecule has 25 heavy (non-hydrogen) atoms. The lowest BCUT2D eigenvalue weighted by molar-refractivity contribution is -0.135. The molecule has 1 saturated heterocycles. The van der Waals surface area contributed by atoms with Crippen LogP contribution in [0.4, 0.5) is 0 Å². The summed E-state index contributed by atoms with van der Waals surface area (Å²) in [6, 6.07) is 3.58. The highest BCUT2D eigenvalue weighted by Gasteiger charge is 2.28. The Hall–Kier alpha value is -2.21. The number of likely N-dealkylation sites (tertiary alicyclic amines) is 1. The molecule has 3 heterocycles. The first-order valence-electron chi connectivity index (χ1n) is 8.46. The van der Waals surface area contributed by atoms with Crippen molar-refractivity contribution in [1.29, 1.82) is 0 Å². The van der Waals surface area contributed by atoms with Crippen LogP contribution in [0.25, 0.3) is 11.4 Å². The summed E-state index contributed by atoms with van der Waals surface area (Å²) in [6.07, 6.45) is 4.81. The SMILES string of the molecule is CC(C)C(=O)N1CCC(c2nc(-c3ccncc3)[nH]c(=O)c2Cl)CC1. The third-order valence-electron chi connectivity index (χ3n) is 4.53. The zero-order chi connectivity index (χ0) is 18.0. The van der Waals surface area contributed by atoms with Gasteiger partial charge in [0.15, 0.2) is 0 Å². The van der Waals surface area contributed by atoms with Crippen molar-refractivity contribution in [3.8, 4) is 11.4 Å². The van der Waals surface area contributed by atoms with Crippen LogP contribution in [0.5, 0.6) is 0 Å². The molecule has 7 heteroatoms. The second-order valence-electron chi connectivity index (χ2n) is 6.60. The van der Waals surface area contributed by atoms with Gasteiger partial charge in [0.2, 0.25) is 5.91 Å². The fourth-order valence-electron chi connectivity index (χ4n) is 3.13. The highest BCUT2D eigenvalue weighted by atomic mass is 35.5. The molecule has 0 bridgehead atoms. The van der Waals surface area contributed by atoms with E-state index < -0.39 is 0 Å². The van der Waals surface area contributed by atoms with Crippen molar-refractivity contribution in [2.75, 3.05) is 13.1 Å². The summed E-state index contributed by atoms with van der Waals surface area (Å²) >= 11 is 6.24. The van der Waals surface area contributed by atoms with Crippen LogP contribution in [0.2, 0.25) is 5.02 Å². The lowest BCUT2D eigenvalue weighted by atomic mass is 9.92. The van der Waals surface area contributed by atoms with Crippen molar-refractivity contribution in [3.05, 3.63) is 45.6 Å². The number of H-pyrrole nitrogens is 1. The maximum absolute atomic E-state index is 12.2. The molecule has 0 saturated carbocycles. The van der Waals surface area contributed by atoms with Gasteiger partial charge < -0.3 is 9.88 Å². The summed E-state index contributed by atoms with van der Waals surface area (Å²) in [4.78, 5) is 37.6. The van der Waals surface area contributed by atoms with E-state index in [9.17, 15) is 9.59 Å². The van der Waals surface area contributed by atoms with E-state index in [1.54, 1.807) is 24.5 Å². The number of aromatic nitrogens is 3. The summed E-state index contributed by atoms with van der Waals surface area (Å²) in [6.45, 7) is 5.14. The Kier molecular flexibility index (Phi) is 5.18. The molecule has 1 N–H and O–H groups in total. The average molecular weight is 361 g/mol. The standard InChI is InChI=1S/C18H21ClN4O2/c1-11(2)18(25)23-9-5-12(6-10-23)15-14(19)17(24)22-16(21-15)13-3-7-20-8-4-13/h3-4,7-8,11-12H,5-6,9-10H2,1-2H3,(H,21,22,24). The maximum atomic E-state index is 12.2. The molecule has 0 unspecified atom stereocenters. The molecule has 1 fully saturated rings. The Morgan fingerprint density at radius 3 is 2.52 bits per heavy atom. The third-order valence-corrected chi connectivity index (χ3v) is 4.89. The van der Waals surface area contributed by atoms with E-state index in [-0.39, 0.29) is 28.3 Å². The quantitative estimate of drug-likeness (QED) is 0.912. The Morgan fingerprint density at radius 2 is 1.92 bits per heavy atom. The monoisotopic (exact) mass is 360 g/mol. The molecule has 0 atom stereocenters. The highest BCUT2D eigenvalue weighted by Crippen LogP contribution is 2.31. The molecule has 6 nitrogen and oxygen atoms in total. The Morgan fingerprint density at radius 1 is 1.28 bits per heavy atom. The van der Waals surface area contributed by atoms with Crippen molar-refractivity contribution < 1.29 is 4.79 Å². The molecule has 1 amide bonds. The van der Waals surface area contributed by atoms with Gasteiger partial charge in [-0.2, -0.15) is 0 Å². The second-order valence-corrected chi connectivity index (χ2v) is 6.98. The van der Waals surface area contributed by atoms with Crippen molar-refractivity contribution in [2.24, 2.45) is 5.92 Å². The molecular formula is C18H21ClN4O2. The minimum Gasteiger partial charge on any atom is -0.342 e. The molecule has 1 aliphatic rings. The predicted molar refractivity (Wildman–Crippen MR) is 96.5 cm³/mol. The fraction of sp³-hybridized carbons (Fsp3) is 0.444. The number of carbonyl (C=O) groups excluding carboxylic acids is 1. The van der Waals surface area contributed by atoms with Gasteiger partial charge in [0.05, 0.1) is 5.69 Å². The lowest BCUT2D eigenvalue weighted by Gasteiger charge is -2.33. The minimum absolute atomic E-state index is 0.00359.